The number of hydrogen-bond acceptors (Lipinski definition) is 4. The summed E-state index contributed by atoms with van der Waals surface area (Å²) in [5, 5.41) is 2.75. The van der Waals surface area contributed by atoms with E-state index in [1.807, 2.05) is 18.2 Å². The molecule has 0 atom stereocenters. The molecule has 2 rings (SSSR count). The van der Waals surface area contributed by atoms with Gasteiger partial charge in [-0.3, -0.25) is 4.79 Å². The first-order valence-corrected chi connectivity index (χ1v) is 6.18. The number of para-hydroxylation sites is 1. The molecule has 104 valence electrons. The first-order chi connectivity index (χ1) is 9.69. The summed E-state index contributed by atoms with van der Waals surface area (Å²) in [6, 6.07) is 12.6. The van der Waals surface area contributed by atoms with Crippen LogP contribution < -0.4 is 14.8 Å². The number of hydrogen-bond donors (Lipinski definition) is 1. The van der Waals surface area contributed by atoms with E-state index in [1.165, 1.54) is 0 Å². The molecule has 5 nitrogen and oxygen atoms in total. The summed E-state index contributed by atoms with van der Waals surface area (Å²) in [7, 11) is 1.55. The average Bonchev–Trinajstić information content (AvgIpc) is 2.48. The van der Waals surface area contributed by atoms with Gasteiger partial charge in [-0.15, -0.1) is 0 Å². The zero-order valence-corrected chi connectivity index (χ0v) is 11.4. The number of pyridine rings is 1. The molecule has 5 heteroatoms. The molecule has 1 amide bonds. The number of carbonyl (C=O) groups excluding carboxylic acids is 1. The standard InChI is InChI=1S/C15H16N2O3/c1-11-13(8-9-15(16-11)19-2)17-14(18)10-20-12-6-4-3-5-7-12/h3-9H,10H2,1-2H3,(H,17,18). The van der Waals surface area contributed by atoms with Crippen LogP contribution in [0.2, 0.25) is 0 Å². The predicted molar refractivity (Wildman–Crippen MR) is 76.1 cm³/mol. The second kappa shape index (κ2) is 6.56. The summed E-state index contributed by atoms with van der Waals surface area (Å²) >= 11 is 0. The van der Waals surface area contributed by atoms with Gasteiger partial charge in [0.2, 0.25) is 5.88 Å². The highest BCUT2D eigenvalue weighted by molar-refractivity contribution is 5.92. The quantitative estimate of drug-likeness (QED) is 0.908. The van der Waals surface area contributed by atoms with Gasteiger partial charge in [0.25, 0.3) is 5.91 Å². The minimum atomic E-state index is -0.232. The van der Waals surface area contributed by atoms with Gasteiger partial charge < -0.3 is 14.8 Å². The van der Waals surface area contributed by atoms with Crippen LogP contribution in [0, 0.1) is 6.92 Å². The SMILES string of the molecule is COc1ccc(NC(=O)COc2ccccc2)c(C)n1. The molecule has 1 aromatic carbocycles. The largest absolute Gasteiger partial charge is 0.484 e. The Morgan fingerprint density at radius 1 is 1.20 bits per heavy atom. The highest BCUT2D eigenvalue weighted by Gasteiger charge is 2.07. The molecule has 0 fully saturated rings. The number of nitrogens with one attached hydrogen (secondary N) is 1. The molecule has 0 bridgehead atoms. The van der Waals surface area contributed by atoms with Gasteiger partial charge in [0.15, 0.2) is 6.61 Å². The van der Waals surface area contributed by atoms with E-state index in [2.05, 4.69) is 10.3 Å². The van der Waals surface area contributed by atoms with Crippen molar-refractivity contribution in [2.45, 2.75) is 6.92 Å². The third-order valence-electron chi connectivity index (χ3n) is 2.66. The van der Waals surface area contributed by atoms with Gasteiger partial charge in [-0.1, -0.05) is 18.2 Å². The molecule has 0 aliphatic carbocycles. The number of rotatable bonds is 5. The van der Waals surface area contributed by atoms with Crippen molar-refractivity contribution in [1.29, 1.82) is 0 Å². The van der Waals surface area contributed by atoms with Crippen molar-refractivity contribution in [2.75, 3.05) is 19.0 Å². The molecule has 0 aliphatic rings. The smallest absolute Gasteiger partial charge is 0.262 e. The van der Waals surface area contributed by atoms with Gasteiger partial charge >= 0.3 is 0 Å². The number of aromatic nitrogens is 1. The third-order valence-corrected chi connectivity index (χ3v) is 2.66. The average molecular weight is 272 g/mol. The van der Waals surface area contributed by atoms with Crippen molar-refractivity contribution in [1.82, 2.24) is 4.98 Å². The van der Waals surface area contributed by atoms with E-state index in [-0.39, 0.29) is 12.5 Å². The maximum absolute atomic E-state index is 11.8. The van der Waals surface area contributed by atoms with Crippen LogP contribution in [0.1, 0.15) is 5.69 Å². The van der Waals surface area contributed by atoms with Gasteiger partial charge in [-0.2, -0.15) is 0 Å². The molecule has 1 aromatic heterocycles. The molecule has 0 unspecified atom stereocenters. The van der Waals surface area contributed by atoms with E-state index in [1.54, 1.807) is 38.3 Å². The molecular formula is C15H16N2O3. The first-order valence-electron chi connectivity index (χ1n) is 6.18. The maximum Gasteiger partial charge on any atom is 0.262 e. The van der Waals surface area contributed by atoms with Crippen molar-refractivity contribution in [2.24, 2.45) is 0 Å². The van der Waals surface area contributed by atoms with Gasteiger partial charge in [0.05, 0.1) is 18.5 Å². The maximum atomic E-state index is 11.8. The van der Waals surface area contributed by atoms with Gasteiger partial charge in [-0.05, 0) is 25.1 Å². The van der Waals surface area contributed by atoms with Crippen molar-refractivity contribution < 1.29 is 14.3 Å². The fourth-order valence-electron chi connectivity index (χ4n) is 1.64. The van der Waals surface area contributed by atoms with E-state index < -0.39 is 0 Å². The number of ether oxygens (including phenoxy) is 2. The van der Waals surface area contributed by atoms with Crippen molar-refractivity contribution >= 4 is 11.6 Å². The molecular weight excluding hydrogens is 256 g/mol. The molecule has 0 saturated carbocycles. The minimum Gasteiger partial charge on any atom is -0.484 e. The summed E-state index contributed by atoms with van der Waals surface area (Å²) < 4.78 is 10.4. The van der Waals surface area contributed by atoms with Gasteiger partial charge in [-0.25, -0.2) is 4.98 Å². The second-order valence-electron chi connectivity index (χ2n) is 4.14. The Bertz CT molecular complexity index is 585. The molecule has 0 radical (unpaired) electrons. The van der Waals surface area contributed by atoms with Gasteiger partial charge in [0.1, 0.15) is 5.75 Å². The van der Waals surface area contributed by atoms with Crippen LogP contribution in [0.3, 0.4) is 0 Å². The molecule has 1 heterocycles. The van der Waals surface area contributed by atoms with E-state index in [4.69, 9.17) is 9.47 Å². The summed E-state index contributed by atoms with van der Waals surface area (Å²) in [6.45, 7) is 1.76. The summed E-state index contributed by atoms with van der Waals surface area (Å²) in [6.07, 6.45) is 0. The Labute approximate surface area is 117 Å². The molecule has 20 heavy (non-hydrogen) atoms. The van der Waals surface area contributed by atoms with Crippen LogP contribution >= 0.6 is 0 Å². The van der Waals surface area contributed by atoms with Crippen molar-refractivity contribution in [3.8, 4) is 11.6 Å². The van der Waals surface area contributed by atoms with Crippen LogP contribution in [-0.2, 0) is 4.79 Å². The minimum absolute atomic E-state index is 0.0461. The Morgan fingerprint density at radius 3 is 2.60 bits per heavy atom. The molecule has 1 N–H and O–H groups in total. The molecule has 2 aromatic rings. The highest BCUT2D eigenvalue weighted by atomic mass is 16.5. The summed E-state index contributed by atoms with van der Waals surface area (Å²) in [5.74, 6) is 0.942. The number of nitrogens with zero attached hydrogens (tertiary/aromatic N) is 1. The summed E-state index contributed by atoms with van der Waals surface area (Å²) in [5.41, 5.74) is 1.34. The van der Waals surface area contributed by atoms with Crippen LogP contribution in [0.4, 0.5) is 5.69 Å². The Kier molecular flexibility index (Phi) is 4.55. The lowest BCUT2D eigenvalue weighted by molar-refractivity contribution is -0.118. The van der Waals surface area contributed by atoms with Crippen LogP contribution in [0.15, 0.2) is 42.5 Å². The molecule has 0 spiro atoms. The van der Waals surface area contributed by atoms with E-state index >= 15 is 0 Å². The Hall–Kier alpha value is -2.56. The third kappa shape index (κ3) is 3.71. The van der Waals surface area contributed by atoms with Crippen LogP contribution in [-0.4, -0.2) is 24.6 Å². The lowest BCUT2D eigenvalue weighted by Gasteiger charge is -2.10. The van der Waals surface area contributed by atoms with Crippen LogP contribution in [0.5, 0.6) is 11.6 Å². The zero-order valence-electron chi connectivity index (χ0n) is 11.4. The number of anilines is 1. The summed E-state index contributed by atoms with van der Waals surface area (Å²) in [4.78, 5) is 16.0. The molecule has 0 aliphatic heterocycles. The van der Waals surface area contributed by atoms with Gasteiger partial charge in [0, 0.05) is 6.07 Å². The lowest BCUT2D eigenvalue weighted by atomic mass is 10.3. The van der Waals surface area contributed by atoms with E-state index in [9.17, 15) is 4.79 Å². The second-order valence-corrected chi connectivity index (χ2v) is 4.14. The zero-order chi connectivity index (χ0) is 14.4. The number of carbonyl (C=O) groups is 1. The van der Waals surface area contributed by atoms with Crippen LogP contribution in [0.25, 0.3) is 0 Å². The number of aryl methyl sites for hydroxylation is 1. The topological polar surface area (TPSA) is 60.5 Å². The van der Waals surface area contributed by atoms with E-state index in [0.29, 0.717) is 23.0 Å². The van der Waals surface area contributed by atoms with Crippen molar-refractivity contribution in [3.05, 3.63) is 48.2 Å². The fraction of sp³-hybridized carbons (Fsp3) is 0.200. The Balaban J connectivity index is 1.91. The lowest BCUT2D eigenvalue weighted by Crippen LogP contribution is -2.20. The fourth-order valence-corrected chi connectivity index (χ4v) is 1.64. The number of amides is 1. The number of benzene rings is 1. The van der Waals surface area contributed by atoms with Crippen molar-refractivity contribution in [3.63, 3.8) is 0 Å². The molecule has 0 saturated heterocycles. The normalized spacial score (nSPS) is 9.90. The predicted octanol–water partition coefficient (Wildman–Crippen LogP) is 2.42. The first kappa shape index (κ1) is 13.9. The monoisotopic (exact) mass is 272 g/mol. The van der Waals surface area contributed by atoms with E-state index in [0.717, 1.165) is 0 Å². The Morgan fingerprint density at radius 2 is 1.95 bits per heavy atom. The number of methoxy groups -OCH3 is 1. The highest BCUT2D eigenvalue weighted by Crippen LogP contribution is 2.16.